The Kier molecular flexibility index (Phi) is 11.3. The Morgan fingerprint density at radius 2 is 1.60 bits per heavy atom. The first kappa shape index (κ1) is 30.9. The van der Waals surface area contributed by atoms with Gasteiger partial charge in [0, 0.05) is 44.0 Å². The predicted molar refractivity (Wildman–Crippen MR) is 169 cm³/mol. The predicted octanol–water partition coefficient (Wildman–Crippen LogP) is 5.02. The molecule has 5 rings (SSSR count). The van der Waals surface area contributed by atoms with Crippen molar-refractivity contribution in [3.63, 3.8) is 0 Å². The van der Waals surface area contributed by atoms with Gasteiger partial charge in [0.2, 0.25) is 0 Å². The Morgan fingerprint density at radius 3 is 2.28 bits per heavy atom. The lowest BCUT2D eigenvalue weighted by Gasteiger charge is -2.35. The number of rotatable bonds is 12. The monoisotopic (exact) mass is 583 g/mol. The zero-order valence-electron chi connectivity index (χ0n) is 25.3. The number of esters is 1. The number of aromatic nitrogens is 1. The van der Waals surface area contributed by atoms with Crippen LogP contribution in [0.5, 0.6) is 0 Å². The summed E-state index contributed by atoms with van der Waals surface area (Å²) in [5, 5.41) is 10.7. The van der Waals surface area contributed by atoms with Gasteiger partial charge in [0.25, 0.3) is 5.91 Å². The number of benzene rings is 2. The molecular formula is C35H45N5O3. The van der Waals surface area contributed by atoms with E-state index in [4.69, 9.17) is 4.74 Å². The SMILES string of the molecule is COC(=O)c1ccc(CNC[C@H](NC2CCN(Cc3ccc(C(=O)NC4CCCCC4)nc3)CC2)c2ccccc2)cc1. The summed E-state index contributed by atoms with van der Waals surface area (Å²) in [6.45, 7) is 4.41. The lowest BCUT2D eigenvalue weighted by atomic mass is 9.95. The maximum Gasteiger partial charge on any atom is 0.337 e. The second kappa shape index (κ2) is 15.8. The Morgan fingerprint density at radius 1 is 0.884 bits per heavy atom. The number of nitrogens with zero attached hydrogens (tertiary/aromatic N) is 2. The van der Waals surface area contributed by atoms with E-state index in [1.165, 1.54) is 31.9 Å². The molecule has 1 amide bonds. The summed E-state index contributed by atoms with van der Waals surface area (Å²) in [7, 11) is 1.40. The number of likely N-dealkylation sites (tertiary alicyclic amines) is 1. The lowest BCUT2D eigenvalue weighted by molar-refractivity contribution is 0.0600. The van der Waals surface area contributed by atoms with Gasteiger partial charge in [0.1, 0.15) is 5.69 Å². The number of amides is 1. The van der Waals surface area contributed by atoms with Gasteiger partial charge in [-0.3, -0.25) is 14.7 Å². The van der Waals surface area contributed by atoms with Crippen molar-refractivity contribution in [2.75, 3.05) is 26.7 Å². The molecule has 0 radical (unpaired) electrons. The van der Waals surface area contributed by atoms with Crippen molar-refractivity contribution in [2.45, 2.75) is 76.2 Å². The molecule has 2 heterocycles. The average molecular weight is 584 g/mol. The highest BCUT2D eigenvalue weighted by Gasteiger charge is 2.23. The van der Waals surface area contributed by atoms with Crippen molar-refractivity contribution >= 4 is 11.9 Å². The molecular weight excluding hydrogens is 538 g/mol. The fourth-order valence-electron chi connectivity index (χ4n) is 6.15. The van der Waals surface area contributed by atoms with E-state index >= 15 is 0 Å². The molecule has 228 valence electrons. The second-order valence-corrected chi connectivity index (χ2v) is 11.9. The molecule has 0 spiro atoms. The minimum Gasteiger partial charge on any atom is -0.465 e. The van der Waals surface area contributed by atoms with Gasteiger partial charge in [-0.25, -0.2) is 4.79 Å². The first-order valence-electron chi connectivity index (χ1n) is 15.7. The molecule has 3 aromatic rings. The number of methoxy groups -OCH3 is 1. The van der Waals surface area contributed by atoms with Crippen LogP contribution in [-0.2, 0) is 17.8 Å². The Hall–Kier alpha value is -3.59. The third-order valence-corrected chi connectivity index (χ3v) is 8.68. The topological polar surface area (TPSA) is 95.6 Å². The van der Waals surface area contributed by atoms with Crippen molar-refractivity contribution in [3.8, 4) is 0 Å². The second-order valence-electron chi connectivity index (χ2n) is 11.9. The van der Waals surface area contributed by atoms with Crippen molar-refractivity contribution < 1.29 is 14.3 Å². The van der Waals surface area contributed by atoms with Gasteiger partial charge in [0.15, 0.2) is 0 Å². The minimum absolute atomic E-state index is 0.0516. The summed E-state index contributed by atoms with van der Waals surface area (Å²) in [5.74, 6) is -0.369. The molecule has 0 unspecified atom stereocenters. The molecule has 1 aliphatic heterocycles. The van der Waals surface area contributed by atoms with Crippen LogP contribution in [0, 0.1) is 0 Å². The van der Waals surface area contributed by atoms with Crippen LogP contribution in [0.4, 0.5) is 0 Å². The molecule has 1 atom stereocenters. The first-order chi connectivity index (χ1) is 21.1. The molecule has 1 aliphatic carbocycles. The first-order valence-corrected chi connectivity index (χ1v) is 15.7. The van der Waals surface area contributed by atoms with Crippen LogP contribution in [-0.4, -0.2) is 60.6 Å². The van der Waals surface area contributed by atoms with E-state index in [1.807, 2.05) is 42.6 Å². The maximum absolute atomic E-state index is 12.6. The van der Waals surface area contributed by atoms with E-state index < -0.39 is 0 Å². The van der Waals surface area contributed by atoms with Crippen LogP contribution in [0.1, 0.15) is 88.5 Å². The highest BCUT2D eigenvalue weighted by atomic mass is 16.5. The largest absolute Gasteiger partial charge is 0.465 e. The van der Waals surface area contributed by atoms with Crippen LogP contribution < -0.4 is 16.0 Å². The normalized spacial score (nSPS) is 17.3. The number of nitrogens with one attached hydrogen (secondary N) is 3. The van der Waals surface area contributed by atoms with Crippen molar-refractivity contribution in [3.05, 3.63) is 101 Å². The maximum atomic E-state index is 12.6. The third kappa shape index (κ3) is 9.20. The number of piperidine rings is 1. The molecule has 1 saturated carbocycles. The number of carbonyl (C=O) groups is 2. The van der Waals surface area contributed by atoms with Crippen molar-refractivity contribution in [1.82, 2.24) is 25.8 Å². The molecule has 3 N–H and O–H groups in total. The number of hydrogen-bond acceptors (Lipinski definition) is 7. The Balaban J connectivity index is 1.08. The zero-order chi connectivity index (χ0) is 29.9. The Bertz CT molecular complexity index is 1290. The van der Waals surface area contributed by atoms with Crippen LogP contribution >= 0.6 is 0 Å². The highest BCUT2D eigenvalue weighted by molar-refractivity contribution is 5.92. The lowest BCUT2D eigenvalue weighted by Crippen LogP contribution is -2.45. The summed E-state index contributed by atoms with van der Waals surface area (Å²) < 4.78 is 4.80. The van der Waals surface area contributed by atoms with Gasteiger partial charge in [-0.15, -0.1) is 0 Å². The number of ether oxygens (including phenoxy) is 1. The van der Waals surface area contributed by atoms with Crippen LogP contribution in [0.15, 0.2) is 72.9 Å². The number of hydrogen-bond donors (Lipinski definition) is 3. The van der Waals surface area contributed by atoms with E-state index in [0.29, 0.717) is 23.3 Å². The molecule has 2 aliphatic rings. The number of carbonyl (C=O) groups excluding carboxylic acids is 2. The molecule has 1 saturated heterocycles. The molecule has 43 heavy (non-hydrogen) atoms. The molecule has 1 aromatic heterocycles. The highest BCUT2D eigenvalue weighted by Crippen LogP contribution is 2.20. The quantitative estimate of drug-likeness (QED) is 0.258. The van der Waals surface area contributed by atoms with Gasteiger partial charge in [-0.1, -0.05) is 67.8 Å². The Labute approximate surface area is 255 Å². The fourth-order valence-corrected chi connectivity index (χ4v) is 6.15. The molecule has 0 bridgehead atoms. The van der Waals surface area contributed by atoms with Crippen LogP contribution in [0.3, 0.4) is 0 Å². The summed E-state index contributed by atoms with van der Waals surface area (Å²) >= 11 is 0. The standard InChI is InChI=1S/C35H45N5O3/c1-43-35(42)29-15-12-26(13-16-29)22-36-24-33(28-8-4-2-5-9-28)38-31-18-20-40(21-19-31)25-27-14-17-32(37-23-27)34(41)39-30-10-6-3-7-11-30/h2,4-5,8-9,12-17,23,30-31,33,36,38H,3,6-7,10-11,18-22,24-25H2,1H3,(H,39,41)/t33-/m0/s1. The van der Waals surface area contributed by atoms with Crippen LogP contribution in [0.2, 0.25) is 0 Å². The smallest absolute Gasteiger partial charge is 0.337 e. The van der Waals surface area contributed by atoms with Crippen LogP contribution in [0.25, 0.3) is 0 Å². The minimum atomic E-state index is -0.317. The van der Waals surface area contributed by atoms with Crippen molar-refractivity contribution in [1.29, 1.82) is 0 Å². The molecule has 2 aromatic carbocycles. The van der Waals surface area contributed by atoms with E-state index in [0.717, 1.165) is 69.5 Å². The van der Waals surface area contributed by atoms with E-state index in [-0.39, 0.29) is 17.9 Å². The molecule has 8 nitrogen and oxygen atoms in total. The fraction of sp³-hybridized carbons (Fsp3) is 0.457. The number of pyridine rings is 1. The van der Waals surface area contributed by atoms with E-state index in [1.54, 1.807) is 0 Å². The van der Waals surface area contributed by atoms with Gasteiger partial charge >= 0.3 is 5.97 Å². The molecule has 2 fully saturated rings. The zero-order valence-corrected chi connectivity index (χ0v) is 25.3. The summed E-state index contributed by atoms with van der Waals surface area (Å²) in [5.41, 5.74) is 4.62. The average Bonchev–Trinajstić information content (AvgIpc) is 3.06. The summed E-state index contributed by atoms with van der Waals surface area (Å²) in [6.07, 6.45) is 9.83. The third-order valence-electron chi connectivity index (χ3n) is 8.68. The molecule has 8 heteroatoms. The van der Waals surface area contributed by atoms with E-state index in [9.17, 15) is 9.59 Å². The summed E-state index contributed by atoms with van der Waals surface area (Å²) in [6, 6.07) is 23.0. The summed E-state index contributed by atoms with van der Waals surface area (Å²) in [4.78, 5) is 31.3. The van der Waals surface area contributed by atoms with Gasteiger partial charge in [-0.2, -0.15) is 0 Å². The van der Waals surface area contributed by atoms with Gasteiger partial charge in [0.05, 0.1) is 12.7 Å². The van der Waals surface area contributed by atoms with Crippen molar-refractivity contribution in [2.24, 2.45) is 0 Å². The van der Waals surface area contributed by atoms with Gasteiger partial charge < -0.3 is 20.7 Å². The van der Waals surface area contributed by atoms with E-state index in [2.05, 4.69) is 56.2 Å². The van der Waals surface area contributed by atoms with Gasteiger partial charge in [-0.05, 0) is 73.7 Å².